The van der Waals surface area contributed by atoms with Gasteiger partial charge in [-0.05, 0) is 19.1 Å². The average molecular weight is 376 g/mol. The molecule has 1 aromatic carbocycles. The van der Waals surface area contributed by atoms with E-state index in [0.717, 1.165) is 21.6 Å². The Labute approximate surface area is 136 Å². The Morgan fingerprint density at radius 3 is 2.45 bits per heavy atom. The minimum Gasteiger partial charge on any atom is -0.497 e. The van der Waals surface area contributed by atoms with Gasteiger partial charge in [-0.25, -0.2) is 0 Å². The molecule has 1 N–H and O–H groups in total. The first-order chi connectivity index (χ1) is 9.49. The highest BCUT2D eigenvalue weighted by atomic mass is 79.9. The zero-order valence-corrected chi connectivity index (χ0v) is 14.1. The van der Waals surface area contributed by atoms with Gasteiger partial charge in [0, 0.05) is 22.3 Å². The van der Waals surface area contributed by atoms with Crippen molar-refractivity contribution in [1.29, 1.82) is 0 Å². The highest BCUT2D eigenvalue weighted by Crippen LogP contribution is 2.34. The quantitative estimate of drug-likeness (QED) is 0.808. The minimum absolute atomic E-state index is 0.513. The molecule has 0 amide bonds. The second-order valence-electron chi connectivity index (χ2n) is 4.24. The molecule has 0 bridgehead atoms. The number of aromatic nitrogens is 1. The molecule has 0 unspecified atom stereocenters. The van der Waals surface area contributed by atoms with Crippen molar-refractivity contribution in [3.8, 4) is 5.75 Å². The second kappa shape index (κ2) is 6.66. The summed E-state index contributed by atoms with van der Waals surface area (Å²) in [4.78, 5) is 4.44. The first-order valence-corrected chi connectivity index (χ1v) is 7.44. The molecule has 2 aromatic rings. The summed E-state index contributed by atoms with van der Waals surface area (Å²) >= 11 is 15.7. The predicted molar refractivity (Wildman–Crippen MR) is 87.0 cm³/mol. The number of nitrogens with zero attached hydrogens (tertiary/aromatic N) is 1. The van der Waals surface area contributed by atoms with Crippen LogP contribution in [0.2, 0.25) is 10.0 Å². The summed E-state index contributed by atoms with van der Waals surface area (Å²) in [7, 11) is 1.63. The van der Waals surface area contributed by atoms with Crippen molar-refractivity contribution in [3.63, 3.8) is 0 Å². The van der Waals surface area contributed by atoms with E-state index in [1.807, 2.05) is 19.1 Å². The maximum atomic E-state index is 6.17. The normalized spacial score (nSPS) is 10.4. The fourth-order valence-electron chi connectivity index (χ4n) is 1.80. The lowest BCUT2D eigenvalue weighted by atomic mass is 10.2. The van der Waals surface area contributed by atoms with Crippen LogP contribution in [-0.2, 0) is 6.54 Å². The largest absolute Gasteiger partial charge is 0.497 e. The predicted octanol–water partition coefficient (Wildman–Crippen LogP) is 5.08. The molecule has 0 saturated carbocycles. The van der Waals surface area contributed by atoms with Gasteiger partial charge in [-0.3, -0.25) is 4.98 Å². The van der Waals surface area contributed by atoms with Crippen molar-refractivity contribution in [1.82, 2.24) is 4.98 Å². The molecule has 1 aromatic heterocycles. The van der Waals surface area contributed by atoms with Crippen molar-refractivity contribution in [2.24, 2.45) is 0 Å². The van der Waals surface area contributed by atoms with Crippen molar-refractivity contribution in [2.75, 3.05) is 12.4 Å². The van der Waals surface area contributed by atoms with Crippen LogP contribution in [0.1, 0.15) is 11.4 Å². The maximum Gasteiger partial charge on any atom is 0.122 e. The summed E-state index contributed by atoms with van der Waals surface area (Å²) in [5, 5.41) is 4.32. The van der Waals surface area contributed by atoms with Gasteiger partial charge in [0.15, 0.2) is 0 Å². The van der Waals surface area contributed by atoms with E-state index >= 15 is 0 Å². The lowest BCUT2D eigenvalue weighted by molar-refractivity contribution is 0.413. The zero-order chi connectivity index (χ0) is 14.7. The van der Waals surface area contributed by atoms with E-state index in [9.17, 15) is 0 Å². The Morgan fingerprint density at radius 1 is 1.20 bits per heavy atom. The third-order valence-corrected chi connectivity index (χ3v) is 3.72. The fourth-order valence-corrected chi connectivity index (χ4v) is 3.14. The van der Waals surface area contributed by atoms with Crippen LogP contribution in [0.4, 0.5) is 5.69 Å². The molecular weight excluding hydrogens is 363 g/mol. The lowest BCUT2D eigenvalue weighted by Crippen LogP contribution is -2.04. The molecular formula is C14H13BrCl2N2O. The van der Waals surface area contributed by atoms with E-state index in [1.54, 1.807) is 19.2 Å². The number of hydrogen-bond acceptors (Lipinski definition) is 3. The van der Waals surface area contributed by atoms with E-state index in [4.69, 9.17) is 27.9 Å². The molecule has 0 spiro atoms. The Kier molecular flexibility index (Phi) is 5.13. The fraction of sp³-hybridized carbons (Fsp3) is 0.214. The van der Waals surface area contributed by atoms with Gasteiger partial charge >= 0.3 is 0 Å². The summed E-state index contributed by atoms with van der Waals surface area (Å²) in [6, 6.07) is 7.34. The van der Waals surface area contributed by atoms with Crippen LogP contribution in [0, 0.1) is 6.92 Å². The highest BCUT2D eigenvalue weighted by Gasteiger charge is 2.08. The van der Waals surface area contributed by atoms with E-state index in [-0.39, 0.29) is 0 Å². The monoisotopic (exact) mass is 374 g/mol. The number of methoxy groups -OCH3 is 1. The zero-order valence-electron chi connectivity index (χ0n) is 11.0. The second-order valence-corrected chi connectivity index (χ2v) is 5.97. The smallest absolute Gasteiger partial charge is 0.122 e. The van der Waals surface area contributed by atoms with E-state index in [1.165, 1.54) is 0 Å². The molecule has 0 saturated heterocycles. The molecule has 6 heteroatoms. The number of ether oxygens (including phenoxy) is 1. The Bertz CT molecular complexity index is 612. The number of pyridine rings is 1. The molecule has 0 radical (unpaired) electrons. The Balaban J connectivity index is 2.19. The summed E-state index contributed by atoms with van der Waals surface area (Å²) in [6.07, 6.45) is 0. The van der Waals surface area contributed by atoms with E-state index in [2.05, 4.69) is 26.2 Å². The van der Waals surface area contributed by atoms with Crippen LogP contribution in [0.25, 0.3) is 0 Å². The molecule has 0 aliphatic carbocycles. The standard InChI is InChI=1S/C14H13BrCl2N2O/c1-8-3-11(20-2)6-10(19-8)7-18-14-12(16)4-9(15)5-13(14)17/h3-6,18H,7H2,1-2H3. The number of aryl methyl sites for hydroxylation is 1. The average Bonchev–Trinajstić information content (AvgIpc) is 2.36. The van der Waals surface area contributed by atoms with Gasteiger partial charge in [0.05, 0.1) is 35.1 Å². The topological polar surface area (TPSA) is 34.1 Å². The Morgan fingerprint density at radius 2 is 1.85 bits per heavy atom. The van der Waals surface area contributed by atoms with Gasteiger partial charge in [-0.2, -0.15) is 0 Å². The molecule has 0 aliphatic heterocycles. The molecule has 2 rings (SSSR count). The maximum absolute atomic E-state index is 6.17. The number of rotatable bonds is 4. The third kappa shape index (κ3) is 3.78. The van der Waals surface area contributed by atoms with Crippen molar-refractivity contribution in [3.05, 3.63) is 50.2 Å². The summed E-state index contributed by atoms with van der Waals surface area (Å²) in [5.74, 6) is 0.780. The summed E-state index contributed by atoms with van der Waals surface area (Å²) in [5.41, 5.74) is 2.45. The van der Waals surface area contributed by atoms with Crippen LogP contribution in [0.15, 0.2) is 28.7 Å². The number of hydrogen-bond donors (Lipinski definition) is 1. The van der Waals surface area contributed by atoms with Gasteiger partial charge < -0.3 is 10.1 Å². The van der Waals surface area contributed by atoms with Crippen LogP contribution in [-0.4, -0.2) is 12.1 Å². The molecule has 20 heavy (non-hydrogen) atoms. The van der Waals surface area contributed by atoms with E-state index < -0.39 is 0 Å². The third-order valence-electron chi connectivity index (χ3n) is 2.67. The molecule has 1 heterocycles. The van der Waals surface area contributed by atoms with Crippen molar-refractivity contribution in [2.45, 2.75) is 13.5 Å². The number of anilines is 1. The number of halogens is 3. The van der Waals surface area contributed by atoms with Crippen LogP contribution in [0.5, 0.6) is 5.75 Å². The number of benzene rings is 1. The van der Waals surface area contributed by atoms with Gasteiger partial charge in [0.2, 0.25) is 0 Å². The molecule has 0 fully saturated rings. The first kappa shape index (κ1) is 15.4. The summed E-state index contributed by atoms with van der Waals surface area (Å²) in [6.45, 7) is 2.44. The van der Waals surface area contributed by atoms with Crippen molar-refractivity contribution >= 4 is 44.8 Å². The first-order valence-electron chi connectivity index (χ1n) is 5.89. The van der Waals surface area contributed by atoms with Gasteiger partial charge in [-0.1, -0.05) is 39.1 Å². The molecule has 3 nitrogen and oxygen atoms in total. The number of nitrogens with one attached hydrogen (secondary N) is 1. The lowest BCUT2D eigenvalue weighted by Gasteiger charge is -2.12. The van der Waals surface area contributed by atoms with E-state index in [0.29, 0.717) is 22.3 Å². The minimum atomic E-state index is 0.513. The summed E-state index contributed by atoms with van der Waals surface area (Å²) < 4.78 is 6.07. The highest BCUT2D eigenvalue weighted by molar-refractivity contribution is 9.10. The molecule has 0 aliphatic rings. The van der Waals surface area contributed by atoms with Gasteiger partial charge in [0.1, 0.15) is 5.75 Å². The van der Waals surface area contributed by atoms with Gasteiger partial charge in [-0.15, -0.1) is 0 Å². The van der Waals surface area contributed by atoms with Crippen LogP contribution in [0.3, 0.4) is 0 Å². The van der Waals surface area contributed by atoms with Crippen LogP contribution < -0.4 is 10.1 Å². The molecule has 106 valence electrons. The van der Waals surface area contributed by atoms with Crippen LogP contribution >= 0.6 is 39.1 Å². The SMILES string of the molecule is COc1cc(C)nc(CNc2c(Cl)cc(Br)cc2Cl)c1. The van der Waals surface area contributed by atoms with Gasteiger partial charge in [0.25, 0.3) is 0 Å². The van der Waals surface area contributed by atoms with Crippen molar-refractivity contribution < 1.29 is 4.74 Å². The Hall–Kier alpha value is -0.970. The molecule has 0 atom stereocenters.